The Kier molecular flexibility index (Phi) is 4.40. The fourth-order valence-corrected chi connectivity index (χ4v) is 2.05. The molecule has 20 heavy (non-hydrogen) atoms. The van der Waals surface area contributed by atoms with Gasteiger partial charge < -0.3 is 9.47 Å². The lowest BCUT2D eigenvalue weighted by molar-refractivity contribution is 0.0979. The van der Waals surface area contributed by atoms with E-state index in [2.05, 4.69) is 5.10 Å². The number of aryl methyl sites for hydroxylation is 2. The Labute approximate surface area is 118 Å². The Morgan fingerprint density at radius 1 is 1.25 bits per heavy atom. The maximum atomic E-state index is 12.3. The lowest BCUT2D eigenvalue weighted by Gasteiger charge is -2.09. The van der Waals surface area contributed by atoms with Gasteiger partial charge in [0.25, 0.3) is 0 Å². The van der Waals surface area contributed by atoms with Gasteiger partial charge in [-0.15, -0.1) is 0 Å². The van der Waals surface area contributed by atoms with Gasteiger partial charge in [0.15, 0.2) is 5.78 Å². The minimum absolute atomic E-state index is 0.0469. The third kappa shape index (κ3) is 2.99. The van der Waals surface area contributed by atoms with E-state index in [0.717, 1.165) is 5.69 Å². The highest BCUT2D eigenvalue weighted by Gasteiger charge is 2.14. The number of hydrogen-bond acceptors (Lipinski definition) is 4. The number of hydrogen-bond donors (Lipinski definition) is 0. The third-order valence-corrected chi connectivity index (χ3v) is 3.24. The molecule has 0 fully saturated rings. The smallest absolute Gasteiger partial charge is 0.166 e. The summed E-state index contributed by atoms with van der Waals surface area (Å²) in [6, 6.07) is 7.14. The standard InChI is InChI=1S/C15H18N2O3/c1-17-11(8-9-16-17)4-7-14(18)13-6-5-12(19-2)10-15(13)20-3/h5-6,8-10H,4,7H2,1-3H3. The summed E-state index contributed by atoms with van der Waals surface area (Å²) in [5, 5.41) is 4.09. The molecule has 0 aliphatic rings. The van der Waals surface area contributed by atoms with Gasteiger partial charge in [-0.05, 0) is 24.6 Å². The van der Waals surface area contributed by atoms with Gasteiger partial charge in [-0.25, -0.2) is 0 Å². The van der Waals surface area contributed by atoms with Gasteiger partial charge in [0.05, 0.1) is 19.8 Å². The van der Waals surface area contributed by atoms with E-state index in [1.54, 1.807) is 43.3 Å². The van der Waals surface area contributed by atoms with E-state index in [1.807, 2.05) is 13.1 Å². The predicted octanol–water partition coefficient (Wildman–Crippen LogP) is 2.25. The highest BCUT2D eigenvalue weighted by atomic mass is 16.5. The zero-order valence-electron chi connectivity index (χ0n) is 11.9. The van der Waals surface area contributed by atoms with Gasteiger partial charge in [-0.1, -0.05) is 0 Å². The van der Waals surface area contributed by atoms with Crippen LogP contribution in [0.2, 0.25) is 0 Å². The van der Waals surface area contributed by atoms with Crippen LogP contribution < -0.4 is 9.47 Å². The van der Waals surface area contributed by atoms with Gasteiger partial charge >= 0.3 is 0 Å². The zero-order valence-corrected chi connectivity index (χ0v) is 11.9. The van der Waals surface area contributed by atoms with Crippen LogP contribution >= 0.6 is 0 Å². The summed E-state index contributed by atoms with van der Waals surface area (Å²) in [5.74, 6) is 1.26. The predicted molar refractivity (Wildman–Crippen MR) is 75.4 cm³/mol. The van der Waals surface area contributed by atoms with Crippen molar-refractivity contribution >= 4 is 5.78 Å². The summed E-state index contributed by atoms with van der Waals surface area (Å²) in [6.45, 7) is 0. The quantitative estimate of drug-likeness (QED) is 0.758. The molecule has 5 nitrogen and oxygen atoms in total. The van der Waals surface area contributed by atoms with Crippen molar-refractivity contribution in [1.29, 1.82) is 0 Å². The van der Waals surface area contributed by atoms with Gasteiger partial charge in [0.1, 0.15) is 11.5 Å². The van der Waals surface area contributed by atoms with Crippen molar-refractivity contribution in [3.63, 3.8) is 0 Å². The van der Waals surface area contributed by atoms with Crippen LogP contribution in [0, 0.1) is 0 Å². The summed E-state index contributed by atoms with van der Waals surface area (Å²) in [4.78, 5) is 12.3. The van der Waals surface area contributed by atoms with Gasteiger partial charge in [-0.2, -0.15) is 5.10 Å². The van der Waals surface area contributed by atoms with Crippen LogP contribution in [0.1, 0.15) is 22.5 Å². The van der Waals surface area contributed by atoms with Crippen molar-refractivity contribution in [3.05, 3.63) is 41.7 Å². The molecule has 0 radical (unpaired) electrons. The Morgan fingerprint density at radius 3 is 2.65 bits per heavy atom. The summed E-state index contributed by atoms with van der Waals surface area (Å²) in [6.07, 6.45) is 2.81. The van der Waals surface area contributed by atoms with Crippen LogP contribution in [0.4, 0.5) is 0 Å². The number of carbonyl (C=O) groups excluding carboxylic acids is 1. The van der Waals surface area contributed by atoms with E-state index in [1.165, 1.54) is 0 Å². The normalized spacial score (nSPS) is 10.3. The van der Waals surface area contributed by atoms with Gasteiger partial charge in [0.2, 0.25) is 0 Å². The summed E-state index contributed by atoms with van der Waals surface area (Å²) in [5.41, 5.74) is 1.61. The van der Waals surface area contributed by atoms with E-state index in [0.29, 0.717) is 29.9 Å². The molecule has 0 aliphatic heterocycles. The Bertz CT molecular complexity index is 605. The number of methoxy groups -OCH3 is 2. The van der Waals surface area contributed by atoms with Crippen molar-refractivity contribution in [3.8, 4) is 11.5 Å². The van der Waals surface area contributed by atoms with Crippen molar-refractivity contribution < 1.29 is 14.3 Å². The van der Waals surface area contributed by atoms with Crippen molar-refractivity contribution in [1.82, 2.24) is 9.78 Å². The molecule has 0 saturated carbocycles. The average Bonchev–Trinajstić information content (AvgIpc) is 2.89. The molecule has 1 heterocycles. The molecular formula is C15H18N2O3. The van der Waals surface area contributed by atoms with Crippen molar-refractivity contribution in [2.75, 3.05) is 14.2 Å². The summed E-state index contributed by atoms with van der Waals surface area (Å²) in [7, 11) is 5.00. The van der Waals surface area contributed by atoms with E-state index >= 15 is 0 Å². The molecule has 0 unspecified atom stereocenters. The van der Waals surface area contributed by atoms with Gasteiger partial charge in [-0.3, -0.25) is 9.48 Å². The minimum atomic E-state index is 0.0469. The van der Waals surface area contributed by atoms with Gasteiger partial charge in [0, 0.05) is 31.4 Å². The Hall–Kier alpha value is -2.30. The number of nitrogens with zero attached hydrogens (tertiary/aromatic N) is 2. The molecule has 0 saturated heterocycles. The topological polar surface area (TPSA) is 53.3 Å². The SMILES string of the molecule is COc1ccc(C(=O)CCc2ccnn2C)c(OC)c1. The Morgan fingerprint density at radius 2 is 2.05 bits per heavy atom. The molecule has 0 atom stereocenters. The maximum Gasteiger partial charge on any atom is 0.166 e. The molecule has 0 N–H and O–H groups in total. The van der Waals surface area contributed by atoms with Crippen LogP contribution in [-0.2, 0) is 13.5 Å². The van der Waals surface area contributed by atoms with Crippen LogP contribution in [0.5, 0.6) is 11.5 Å². The fourth-order valence-electron chi connectivity index (χ4n) is 2.05. The molecule has 5 heteroatoms. The highest BCUT2D eigenvalue weighted by Crippen LogP contribution is 2.25. The lowest BCUT2D eigenvalue weighted by Crippen LogP contribution is -2.06. The van der Waals surface area contributed by atoms with Crippen LogP contribution in [0.25, 0.3) is 0 Å². The average molecular weight is 274 g/mol. The van der Waals surface area contributed by atoms with Crippen LogP contribution in [-0.4, -0.2) is 29.8 Å². The molecule has 0 spiro atoms. The fraction of sp³-hybridized carbons (Fsp3) is 0.333. The highest BCUT2D eigenvalue weighted by molar-refractivity contribution is 5.98. The molecule has 0 aliphatic carbocycles. The lowest BCUT2D eigenvalue weighted by atomic mass is 10.0. The number of ether oxygens (including phenoxy) is 2. The molecule has 0 amide bonds. The largest absolute Gasteiger partial charge is 0.497 e. The molecule has 2 aromatic rings. The Balaban J connectivity index is 2.11. The zero-order chi connectivity index (χ0) is 14.5. The maximum absolute atomic E-state index is 12.3. The van der Waals surface area contributed by atoms with E-state index in [4.69, 9.17) is 9.47 Å². The molecule has 1 aromatic carbocycles. The summed E-state index contributed by atoms with van der Waals surface area (Å²) < 4.78 is 12.2. The van der Waals surface area contributed by atoms with E-state index in [9.17, 15) is 4.79 Å². The molecule has 106 valence electrons. The molecule has 2 rings (SSSR count). The van der Waals surface area contributed by atoms with E-state index in [-0.39, 0.29) is 5.78 Å². The first-order valence-corrected chi connectivity index (χ1v) is 6.38. The van der Waals surface area contributed by atoms with E-state index < -0.39 is 0 Å². The first-order chi connectivity index (χ1) is 9.65. The van der Waals surface area contributed by atoms with Crippen molar-refractivity contribution in [2.45, 2.75) is 12.8 Å². The van der Waals surface area contributed by atoms with Crippen LogP contribution in [0.15, 0.2) is 30.5 Å². The third-order valence-electron chi connectivity index (χ3n) is 3.24. The molecule has 0 bridgehead atoms. The van der Waals surface area contributed by atoms with Crippen molar-refractivity contribution in [2.24, 2.45) is 7.05 Å². The first kappa shape index (κ1) is 14.1. The first-order valence-electron chi connectivity index (χ1n) is 6.38. The minimum Gasteiger partial charge on any atom is -0.497 e. The molecule has 1 aromatic heterocycles. The number of aromatic nitrogens is 2. The second-order valence-electron chi connectivity index (χ2n) is 4.44. The number of benzene rings is 1. The van der Waals surface area contributed by atoms with Crippen LogP contribution in [0.3, 0.4) is 0 Å². The second kappa shape index (κ2) is 6.23. The number of Topliss-reactive ketones (excluding diaryl/α,β-unsaturated/α-hetero) is 1. The number of rotatable bonds is 6. The summed E-state index contributed by atoms with van der Waals surface area (Å²) >= 11 is 0. The number of ketones is 1. The second-order valence-corrected chi connectivity index (χ2v) is 4.44. The number of carbonyl (C=O) groups is 1. The molecular weight excluding hydrogens is 256 g/mol. The monoisotopic (exact) mass is 274 g/mol.